The molecule has 0 saturated carbocycles. The number of methoxy groups -OCH3 is 2. The highest BCUT2D eigenvalue weighted by atomic mass is 79.9. The van der Waals surface area contributed by atoms with Crippen LogP contribution in [0.5, 0.6) is 17.2 Å². The number of carbonyl (C=O) groups excluding carboxylic acids is 2. The molecule has 0 unspecified atom stereocenters. The molecule has 2 rings (SSSR count). The molecule has 0 aliphatic carbocycles. The normalized spacial score (nSPS) is 10.3. The van der Waals surface area contributed by atoms with Crippen molar-refractivity contribution in [3.8, 4) is 17.2 Å². The summed E-state index contributed by atoms with van der Waals surface area (Å²) in [7, 11) is 2.98. The molecule has 0 spiro atoms. The van der Waals surface area contributed by atoms with Crippen LogP contribution in [0, 0.1) is 5.92 Å². The lowest BCUT2D eigenvalue weighted by atomic mass is 10.1. The highest BCUT2D eigenvalue weighted by Crippen LogP contribution is 2.28. The van der Waals surface area contributed by atoms with E-state index in [1.165, 1.54) is 20.3 Å². The average Bonchev–Trinajstić information content (AvgIpc) is 2.77. The largest absolute Gasteiger partial charge is 0.493 e. The summed E-state index contributed by atoms with van der Waals surface area (Å²) in [5.74, 6) is 1.22. The van der Waals surface area contributed by atoms with Crippen LogP contribution in [0.4, 0.5) is 0 Å². The number of halogens is 1. The molecule has 0 aromatic heterocycles. The van der Waals surface area contributed by atoms with Gasteiger partial charge in [0.15, 0.2) is 16.6 Å². The van der Waals surface area contributed by atoms with Crippen molar-refractivity contribution in [1.29, 1.82) is 0 Å². The topological polar surface area (TPSA) is 97.9 Å². The number of hydrazine groups is 1. The summed E-state index contributed by atoms with van der Waals surface area (Å²) >= 11 is 8.51. The van der Waals surface area contributed by atoms with E-state index in [1.54, 1.807) is 30.3 Å². The lowest BCUT2D eigenvalue weighted by Crippen LogP contribution is -2.48. The fraction of sp³-hybridized carbons (Fsp3) is 0.318. The first-order valence-electron chi connectivity index (χ1n) is 9.81. The molecule has 0 saturated heterocycles. The Labute approximate surface area is 201 Å². The van der Waals surface area contributed by atoms with Gasteiger partial charge in [0.25, 0.3) is 11.8 Å². The van der Waals surface area contributed by atoms with Crippen molar-refractivity contribution >= 4 is 45.1 Å². The van der Waals surface area contributed by atoms with Gasteiger partial charge in [-0.3, -0.25) is 25.8 Å². The van der Waals surface area contributed by atoms with E-state index < -0.39 is 11.8 Å². The number of ether oxygens (including phenoxy) is 3. The third-order valence-corrected chi connectivity index (χ3v) is 5.13. The van der Waals surface area contributed by atoms with E-state index in [0.717, 1.165) is 6.42 Å². The van der Waals surface area contributed by atoms with Crippen molar-refractivity contribution in [3.63, 3.8) is 0 Å². The Morgan fingerprint density at radius 3 is 2.16 bits per heavy atom. The summed E-state index contributed by atoms with van der Waals surface area (Å²) in [6, 6.07) is 9.71. The number of benzene rings is 2. The smallest absolute Gasteiger partial charge is 0.269 e. The van der Waals surface area contributed by atoms with E-state index in [0.29, 0.717) is 45.4 Å². The average molecular weight is 524 g/mol. The number of thiocarbonyl (C=S) groups is 1. The zero-order valence-corrected chi connectivity index (χ0v) is 20.7. The van der Waals surface area contributed by atoms with Gasteiger partial charge in [0.2, 0.25) is 0 Å². The number of rotatable bonds is 8. The predicted molar refractivity (Wildman–Crippen MR) is 129 cm³/mol. The molecule has 8 nitrogen and oxygen atoms in total. The third-order valence-electron chi connectivity index (χ3n) is 4.31. The molecule has 0 aliphatic heterocycles. The molecule has 2 aromatic carbocycles. The zero-order valence-electron chi connectivity index (χ0n) is 18.3. The number of nitrogens with one attached hydrogen (secondary N) is 3. The monoisotopic (exact) mass is 523 g/mol. The van der Waals surface area contributed by atoms with Crippen molar-refractivity contribution < 1.29 is 23.8 Å². The molecular weight excluding hydrogens is 498 g/mol. The van der Waals surface area contributed by atoms with Crippen molar-refractivity contribution in [2.24, 2.45) is 5.92 Å². The van der Waals surface area contributed by atoms with Crippen molar-refractivity contribution in [3.05, 3.63) is 52.0 Å². The summed E-state index contributed by atoms with van der Waals surface area (Å²) in [6.07, 6.45) is 0.934. The molecular formula is C22H26BrN3O5S. The van der Waals surface area contributed by atoms with E-state index in [4.69, 9.17) is 26.4 Å². The molecule has 0 heterocycles. The summed E-state index contributed by atoms with van der Waals surface area (Å²) in [5.41, 5.74) is 5.63. The lowest BCUT2D eigenvalue weighted by molar-refractivity contribution is 0.0934. The van der Waals surface area contributed by atoms with Crippen LogP contribution in [-0.4, -0.2) is 37.8 Å². The van der Waals surface area contributed by atoms with Crippen LogP contribution in [0.15, 0.2) is 40.9 Å². The molecule has 2 aromatic rings. The Morgan fingerprint density at radius 1 is 0.938 bits per heavy atom. The molecule has 0 radical (unpaired) electrons. The minimum absolute atomic E-state index is 0.0581. The highest BCUT2D eigenvalue weighted by molar-refractivity contribution is 9.10. The standard InChI is InChI=1S/C22H26BrN3O5S/c1-13(2)9-10-31-17-7-5-14(11-16(17)23)20(27)24-22(32)26-25-21(28)15-6-8-18(29-3)19(12-15)30-4/h5-8,11-13H,9-10H2,1-4H3,(H,25,28)(H2,24,26,27,32). The van der Waals surface area contributed by atoms with Gasteiger partial charge >= 0.3 is 0 Å². The van der Waals surface area contributed by atoms with Crippen LogP contribution in [0.2, 0.25) is 0 Å². The minimum atomic E-state index is -0.465. The zero-order chi connectivity index (χ0) is 23.7. The van der Waals surface area contributed by atoms with Crippen LogP contribution in [0.3, 0.4) is 0 Å². The van der Waals surface area contributed by atoms with Crippen LogP contribution >= 0.6 is 28.1 Å². The summed E-state index contributed by atoms with van der Waals surface area (Å²) in [6.45, 7) is 4.84. The maximum atomic E-state index is 12.4. The minimum Gasteiger partial charge on any atom is -0.493 e. The van der Waals surface area contributed by atoms with Gasteiger partial charge in [0.05, 0.1) is 25.3 Å². The fourth-order valence-corrected chi connectivity index (χ4v) is 3.17. The third kappa shape index (κ3) is 7.38. The maximum Gasteiger partial charge on any atom is 0.269 e. The van der Waals surface area contributed by atoms with Crippen molar-refractivity contribution in [2.75, 3.05) is 20.8 Å². The molecule has 3 N–H and O–H groups in total. The number of hydrogen-bond acceptors (Lipinski definition) is 6. The Bertz CT molecular complexity index is 984. The van der Waals surface area contributed by atoms with Crippen molar-refractivity contribution in [2.45, 2.75) is 20.3 Å². The van der Waals surface area contributed by atoms with Crippen LogP contribution in [-0.2, 0) is 0 Å². The van der Waals surface area contributed by atoms with E-state index in [1.807, 2.05) is 0 Å². The number of hydrogen-bond donors (Lipinski definition) is 3. The van der Waals surface area contributed by atoms with Crippen LogP contribution < -0.4 is 30.4 Å². The molecule has 0 bridgehead atoms. The van der Waals surface area contributed by atoms with Gasteiger partial charge in [-0.1, -0.05) is 13.8 Å². The van der Waals surface area contributed by atoms with Crippen molar-refractivity contribution in [1.82, 2.24) is 16.2 Å². The fourth-order valence-electron chi connectivity index (χ4n) is 2.53. The summed E-state index contributed by atoms with van der Waals surface area (Å²) in [5, 5.41) is 2.45. The Kier molecular flexibility index (Phi) is 9.73. The molecule has 0 aliphatic rings. The molecule has 0 fully saturated rings. The Hall–Kier alpha value is -2.85. The highest BCUT2D eigenvalue weighted by Gasteiger charge is 2.13. The van der Waals surface area contributed by atoms with Crippen LogP contribution in [0.1, 0.15) is 41.0 Å². The molecule has 2 amide bonds. The second-order valence-electron chi connectivity index (χ2n) is 7.11. The van der Waals surface area contributed by atoms with Gasteiger partial charge in [0.1, 0.15) is 5.75 Å². The van der Waals surface area contributed by atoms with Gasteiger partial charge in [-0.05, 0) is 76.9 Å². The SMILES string of the molecule is COc1ccc(C(=O)NNC(=S)NC(=O)c2ccc(OCCC(C)C)c(Br)c2)cc1OC. The number of amides is 2. The van der Waals surface area contributed by atoms with E-state index in [2.05, 4.69) is 45.9 Å². The second-order valence-corrected chi connectivity index (χ2v) is 8.37. The van der Waals surface area contributed by atoms with Gasteiger partial charge in [-0.25, -0.2) is 0 Å². The quantitative estimate of drug-likeness (QED) is 0.357. The molecule has 172 valence electrons. The first kappa shape index (κ1) is 25.4. The predicted octanol–water partition coefficient (Wildman–Crippen LogP) is 3.84. The van der Waals surface area contributed by atoms with E-state index in [-0.39, 0.29) is 5.11 Å². The number of carbonyl (C=O) groups is 2. The first-order chi connectivity index (χ1) is 15.2. The van der Waals surface area contributed by atoms with Crippen LogP contribution in [0.25, 0.3) is 0 Å². The van der Waals surface area contributed by atoms with Gasteiger partial charge in [0, 0.05) is 11.1 Å². The summed E-state index contributed by atoms with van der Waals surface area (Å²) < 4.78 is 16.7. The summed E-state index contributed by atoms with van der Waals surface area (Å²) in [4.78, 5) is 24.8. The Balaban J connectivity index is 1.89. The lowest BCUT2D eigenvalue weighted by Gasteiger charge is -2.13. The van der Waals surface area contributed by atoms with Gasteiger partial charge < -0.3 is 14.2 Å². The second kappa shape index (κ2) is 12.3. The molecule has 32 heavy (non-hydrogen) atoms. The van der Waals surface area contributed by atoms with Gasteiger partial charge in [-0.2, -0.15) is 0 Å². The van der Waals surface area contributed by atoms with Gasteiger partial charge in [-0.15, -0.1) is 0 Å². The molecule has 10 heteroatoms. The van der Waals surface area contributed by atoms with E-state index >= 15 is 0 Å². The maximum absolute atomic E-state index is 12.4. The molecule has 0 atom stereocenters. The first-order valence-corrected chi connectivity index (χ1v) is 11.0. The van der Waals surface area contributed by atoms with E-state index in [9.17, 15) is 9.59 Å². The Morgan fingerprint density at radius 2 is 1.56 bits per heavy atom.